The van der Waals surface area contributed by atoms with Crippen molar-refractivity contribution in [1.29, 1.82) is 0 Å². The van der Waals surface area contributed by atoms with E-state index in [-0.39, 0.29) is 11.2 Å². The first-order valence-corrected chi connectivity index (χ1v) is 9.19. The maximum absolute atomic E-state index is 12.9. The lowest BCUT2D eigenvalue weighted by molar-refractivity contribution is -0.128. The van der Waals surface area contributed by atoms with E-state index in [2.05, 4.69) is 24.3 Å². The lowest BCUT2D eigenvalue weighted by Crippen LogP contribution is -2.51. The third-order valence-electron chi connectivity index (χ3n) is 5.37. The van der Waals surface area contributed by atoms with Crippen molar-refractivity contribution in [3.8, 4) is 0 Å². The average Bonchev–Trinajstić information content (AvgIpc) is 3.29. The van der Waals surface area contributed by atoms with Crippen molar-refractivity contribution in [2.45, 2.75) is 18.3 Å². The zero-order valence-corrected chi connectivity index (χ0v) is 15.0. The van der Waals surface area contributed by atoms with Crippen LogP contribution in [-0.4, -0.2) is 29.7 Å². The highest BCUT2D eigenvalue weighted by atomic mass is 16.3. The van der Waals surface area contributed by atoms with Gasteiger partial charge < -0.3 is 9.32 Å². The molecule has 0 unspecified atom stereocenters. The molecule has 2 heterocycles. The van der Waals surface area contributed by atoms with Gasteiger partial charge in [0.05, 0.1) is 6.26 Å². The van der Waals surface area contributed by atoms with E-state index in [0.717, 1.165) is 12.8 Å². The molecular weight excluding hydrogens is 338 g/mol. The van der Waals surface area contributed by atoms with Crippen molar-refractivity contribution in [3.05, 3.63) is 95.9 Å². The minimum atomic E-state index is -0.586. The fourth-order valence-corrected chi connectivity index (χ4v) is 4.04. The first-order valence-electron chi connectivity index (χ1n) is 9.19. The Bertz CT molecular complexity index is 877. The molecule has 1 fully saturated rings. The van der Waals surface area contributed by atoms with E-state index in [1.807, 2.05) is 36.4 Å². The van der Waals surface area contributed by atoms with Crippen molar-refractivity contribution in [2.75, 3.05) is 13.1 Å². The fourth-order valence-electron chi connectivity index (χ4n) is 4.04. The van der Waals surface area contributed by atoms with Gasteiger partial charge in [0, 0.05) is 18.5 Å². The van der Waals surface area contributed by atoms with Gasteiger partial charge in [0.25, 0.3) is 11.7 Å². The summed E-state index contributed by atoms with van der Waals surface area (Å²) in [6, 6.07) is 23.7. The van der Waals surface area contributed by atoms with Gasteiger partial charge >= 0.3 is 0 Å². The molecule has 1 amide bonds. The Hall–Kier alpha value is -3.14. The smallest absolute Gasteiger partial charge is 0.298 e. The van der Waals surface area contributed by atoms with Crippen LogP contribution in [0.4, 0.5) is 0 Å². The van der Waals surface area contributed by atoms with Crippen LogP contribution < -0.4 is 0 Å². The van der Waals surface area contributed by atoms with Crippen LogP contribution in [0.5, 0.6) is 0 Å². The number of piperidine rings is 1. The average molecular weight is 359 g/mol. The lowest BCUT2D eigenvalue weighted by atomic mass is 9.69. The summed E-state index contributed by atoms with van der Waals surface area (Å²) >= 11 is 0. The summed E-state index contributed by atoms with van der Waals surface area (Å²) in [5, 5.41) is 0. The molecule has 0 atom stereocenters. The number of hydrogen-bond donors (Lipinski definition) is 0. The first-order chi connectivity index (χ1) is 13.2. The van der Waals surface area contributed by atoms with Crippen LogP contribution in [-0.2, 0) is 10.2 Å². The van der Waals surface area contributed by atoms with Crippen LogP contribution in [0.25, 0.3) is 0 Å². The minimum absolute atomic E-state index is 0.0931. The van der Waals surface area contributed by atoms with Gasteiger partial charge in [0.15, 0.2) is 5.76 Å². The molecule has 1 aliphatic heterocycles. The van der Waals surface area contributed by atoms with E-state index < -0.39 is 11.7 Å². The molecule has 0 aliphatic carbocycles. The fraction of sp³-hybridized carbons (Fsp3) is 0.217. The quantitative estimate of drug-likeness (QED) is 0.521. The summed E-state index contributed by atoms with van der Waals surface area (Å²) in [7, 11) is 0. The SMILES string of the molecule is O=C(C(=O)N1CCCC(c2ccccc2)(c2ccccc2)C1)c1ccco1. The number of carbonyl (C=O) groups is 2. The van der Waals surface area contributed by atoms with E-state index >= 15 is 0 Å². The molecule has 4 rings (SSSR count). The van der Waals surface area contributed by atoms with Crippen LogP contribution in [0.15, 0.2) is 83.5 Å². The van der Waals surface area contributed by atoms with E-state index in [1.165, 1.54) is 23.5 Å². The third-order valence-corrected chi connectivity index (χ3v) is 5.37. The van der Waals surface area contributed by atoms with Crippen molar-refractivity contribution >= 4 is 11.7 Å². The molecule has 4 nitrogen and oxygen atoms in total. The second-order valence-corrected chi connectivity index (χ2v) is 6.95. The number of furan rings is 1. The first kappa shape index (κ1) is 17.3. The van der Waals surface area contributed by atoms with Crippen molar-refractivity contribution < 1.29 is 14.0 Å². The molecule has 3 aromatic rings. The Labute approximate surface area is 158 Å². The van der Waals surface area contributed by atoms with Crippen LogP contribution in [0.3, 0.4) is 0 Å². The second-order valence-electron chi connectivity index (χ2n) is 6.95. The van der Waals surface area contributed by atoms with Gasteiger partial charge in [-0.2, -0.15) is 0 Å². The zero-order valence-electron chi connectivity index (χ0n) is 15.0. The molecule has 0 radical (unpaired) electrons. The number of nitrogens with zero attached hydrogens (tertiary/aromatic N) is 1. The number of Topliss-reactive ketones (excluding diaryl/α,β-unsaturated/α-hetero) is 1. The summed E-state index contributed by atoms with van der Waals surface area (Å²) < 4.78 is 5.13. The van der Waals surface area contributed by atoms with Crippen LogP contribution in [0, 0.1) is 0 Å². The lowest BCUT2D eigenvalue weighted by Gasteiger charge is -2.43. The highest BCUT2D eigenvalue weighted by Crippen LogP contribution is 2.40. The minimum Gasteiger partial charge on any atom is -0.461 e. The van der Waals surface area contributed by atoms with Gasteiger partial charge in [-0.05, 0) is 36.1 Å². The highest BCUT2D eigenvalue weighted by Gasteiger charge is 2.41. The van der Waals surface area contributed by atoms with Crippen molar-refractivity contribution in [3.63, 3.8) is 0 Å². The molecule has 4 heteroatoms. The second kappa shape index (κ2) is 7.23. The topological polar surface area (TPSA) is 50.5 Å². The summed E-state index contributed by atoms with van der Waals surface area (Å²) in [5.41, 5.74) is 2.01. The Morgan fingerprint density at radius 1 is 0.852 bits per heavy atom. The number of ketones is 1. The molecule has 136 valence electrons. The molecule has 0 saturated carbocycles. The molecule has 1 saturated heterocycles. The van der Waals surface area contributed by atoms with Crippen LogP contribution in [0.2, 0.25) is 0 Å². The van der Waals surface area contributed by atoms with E-state index in [9.17, 15) is 9.59 Å². The maximum Gasteiger partial charge on any atom is 0.298 e. The predicted octanol–water partition coefficient (Wildman–Crippen LogP) is 4.07. The number of likely N-dealkylation sites (tertiary alicyclic amines) is 1. The molecule has 0 bridgehead atoms. The summed E-state index contributed by atoms with van der Waals surface area (Å²) in [4.78, 5) is 27.0. The molecule has 1 aromatic heterocycles. The Balaban J connectivity index is 1.70. The molecule has 0 N–H and O–H groups in total. The predicted molar refractivity (Wildman–Crippen MR) is 103 cm³/mol. The number of hydrogen-bond acceptors (Lipinski definition) is 3. The molecule has 1 aliphatic rings. The van der Waals surface area contributed by atoms with E-state index in [4.69, 9.17) is 4.42 Å². The molecule has 27 heavy (non-hydrogen) atoms. The normalized spacial score (nSPS) is 16.1. The van der Waals surface area contributed by atoms with Gasteiger partial charge in [0.1, 0.15) is 0 Å². The van der Waals surface area contributed by atoms with Gasteiger partial charge in [-0.25, -0.2) is 0 Å². The maximum atomic E-state index is 12.9. The van der Waals surface area contributed by atoms with Gasteiger partial charge in [-0.3, -0.25) is 9.59 Å². The Kier molecular flexibility index (Phi) is 4.63. The highest BCUT2D eigenvalue weighted by molar-refractivity contribution is 6.41. The van der Waals surface area contributed by atoms with Crippen LogP contribution >= 0.6 is 0 Å². The Morgan fingerprint density at radius 3 is 2.04 bits per heavy atom. The Morgan fingerprint density at radius 2 is 1.48 bits per heavy atom. The summed E-state index contributed by atoms with van der Waals surface area (Å²) in [6.07, 6.45) is 3.18. The summed E-state index contributed by atoms with van der Waals surface area (Å²) in [5.74, 6) is -0.992. The zero-order chi connectivity index (χ0) is 18.7. The van der Waals surface area contributed by atoms with E-state index in [0.29, 0.717) is 13.1 Å². The number of amides is 1. The van der Waals surface area contributed by atoms with Gasteiger partial charge in [0.2, 0.25) is 0 Å². The molecular formula is C23H21NO3. The molecule has 2 aromatic carbocycles. The van der Waals surface area contributed by atoms with Gasteiger partial charge in [-0.1, -0.05) is 60.7 Å². The number of carbonyl (C=O) groups excluding carboxylic acids is 2. The number of benzene rings is 2. The van der Waals surface area contributed by atoms with Crippen LogP contribution in [0.1, 0.15) is 34.5 Å². The molecule has 0 spiro atoms. The van der Waals surface area contributed by atoms with Crippen molar-refractivity contribution in [1.82, 2.24) is 4.90 Å². The summed E-state index contributed by atoms with van der Waals surface area (Å²) in [6.45, 7) is 1.05. The third kappa shape index (κ3) is 3.19. The standard InChI is InChI=1S/C23H21NO3/c25-21(20-13-7-16-27-20)22(26)24-15-8-14-23(17-24,18-9-3-1-4-10-18)19-11-5-2-6-12-19/h1-7,9-13,16H,8,14-15,17H2. The largest absolute Gasteiger partial charge is 0.461 e. The van der Waals surface area contributed by atoms with Gasteiger partial charge in [-0.15, -0.1) is 0 Å². The monoisotopic (exact) mass is 359 g/mol. The number of rotatable bonds is 4. The van der Waals surface area contributed by atoms with Crippen molar-refractivity contribution in [2.24, 2.45) is 0 Å². The van der Waals surface area contributed by atoms with E-state index in [1.54, 1.807) is 11.0 Å².